The molecule has 1 amide bonds. The van der Waals surface area contributed by atoms with Crippen LogP contribution in [0.15, 0.2) is 29.4 Å². The minimum Gasteiger partial charge on any atom is -0.336 e. The van der Waals surface area contributed by atoms with Crippen LogP contribution in [0.25, 0.3) is 0 Å². The van der Waals surface area contributed by atoms with Crippen LogP contribution in [0, 0.1) is 0 Å². The molecule has 1 saturated carbocycles. The highest BCUT2D eigenvalue weighted by Gasteiger charge is 2.33. The first-order chi connectivity index (χ1) is 12.9. The molecule has 1 aliphatic rings. The predicted octanol–water partition coefficient (Wildman–Crippen LogP) is 3.79. The molecule has 1 aromatic carbocycles. The Bertz CT molecular complexity index is 802. The summed E-state index contributed by atoms with van der Waals surface area (Å²) in [7, 11) is 0. The molecule has 1 aromatic heterocycles. The highest BCUT2D eigenvalue weighted by molar-refractivity contribution is 7.99. The Kier molecular flexibility index (Phi) is 5.93. The van der Waals surface area contributed by atoms with Crippen LogP contribution in [0.4, 0.5) is 18.9 Å². The van der Waals surface area contributed by atoms with E-state index in [9.17, 15) is 18.0 Å². The van der Waals surface area contributed by atoms with Gasteiger partial charge < -0.3 is 11.2 Å². The van der Waals surface area contributed by atoms with Crippen LogP contribution in [0.3, 0.4) is 0 Å². The van der Waals surface area contributed by atoms with Gasteiger partial charge in [-0.05, 0) is 25.0 Å². The SMILES string of the molecule is Nn1c(SCC(=O)Nc2ccccc2C(F)(F)F)nnc1C1CCCCC1. The molecule has 0 unspecified atom stereocenters. The molecule has 10 heteroatoms. The van der Waals surface area contributed by atoms with E-state index < -0.39 is 17.6 Å². The van der Waals surface area contributed by atoms with E-state index >= 15 is 0 Å². The summed E-state index contributed by atoms with van der Waals surface area (Å²) in [5.74, 6) is 6.31. The number of alkyl halides is 3. The first-order valence-corrected chi connectivity index (χ1v) is 9.64. The topological polar surface area (TPSA) is 85.8 Å². The highest BCUT2D eigenvalue weighted by atomic mass is 32.2. The average Bonchev–Trinajstić information content (AvgIpc) is 3.01. The molecular formula is C17H20F3N5OS. The summed E-state index contributed by atoms with van der Waals surface area (Å²) >= 11 is 1.04. The number of rotatable bonds is 5. The maximum absolute atomic E-state index is 13.0. The Hall–Kier alpha value is -2.23. The Labute approximate surface area is 158 Å². The number of nitrogens with zero attached hydrogens (tertiary/aromatic N) is 3. The minimum atomic E-state index is -4.54. The van der Waals surface area contributed by atoms with Gasteiger partial charge in [-0.3, -0.25) is 4.79 Å². The molecule has 27 heavy (non-hydrogen) atoms. The lowest BCUT2D eigenvalue weighted by Gasteiger charge is -2.20. The zero-order chi connectivity index (χ0) is 19.4. The third kappa shape index (κ3) is 4.74. The molecule has 0 atom stereocenters. The maximum atomic E-state index is 13.0. The number of nitrogens with one attached hydrogen (secondary N) is 1. The van der Waals surface area contributed by atoms with Crippen molar-refractivity contribution in [2.45, 2.75) is 49.4 Å². The minimum absolute atomic E-state index is 0.119. The van der Waals surface area contributed by atoms with Gasteiger partial charge in [0.1, 0.15) is 0 Å². The van der Waals surface area contributed by atoms with E-state index in [1.165, 1.54) is 29.3 Å². The average molecular weight is 399 g/mol. The number of hydrogen-bond donors (Lipinski definition) is 2. The summed E-state index contributed by atoms with van der Waals surface area (Å²) in [6, 6.07) is 4.86. The van der Waals surface area contributed by atoms with E-state index in [4.69, 9.17) is 5.84 Å². The quantitative estimate of drug-likeness (QED) is 0.590. The number of nitrogen functional groups attached to an aromatic ring is 1. The number of aromatic nitrogens is 3. The fraction of sp³-hybridized carbons (Fsp3) is 0.471. The number of carbonyl (C=O) groups is 1. The Morgan fingerprint density at radius 3 is 2.63 bits per heavy atom. The summed E-state index contributed by atoms with van der Waals surface area (Å²) < 4.78 is 40.3. The van der Waals surface area contributed by atoms with E-state index in [1.807, 2.05) is 0 Å². The number of halogens is 3. The lowest BCUT2D eigenvalue weighted by Crippen LogP contribution is -2.20. The number of hydrogen-bond acceptors (Lipinski definition) is 5. The molecule has 0 radical (unpaired) electrons. The van der Waals surface area contributed by atoms with Crippen molar-refractivity contribution in [3.8, 4) is 0 Å². The van der Waals surface area contributed by atoms with Gasteiger partial charge in [0.05, 0.1) is 17.0 Å². The summed E-state index contributed by atoms with van der Waals surface area (Å²) in [6.07, 6.45) is 0.936. The molecule has 1 fully saturated rings. The summed E-state index contributed by atoms with van der Waals surface area (Å²) in [5, 5.41) is 10.8. The Morgan fingerprint density at radius 2 is 1.93 bits per heavy atom. The zero-order valence-electron chi connectivity index (χ0n) is 14.5. The van der Waals surface area contributed by atoms with Gasteiger partial charge in [0.25, 0.3) is 0 Å². The van der Waals surface area contributed by atoms with Gasteiger partial charge >= 0.3 is 6.18 Å². The van der Waals surface area contributed by atoms with Crippen molar-refractivity contribution in [3.05, 3.63) is 35.7 Å². The van der Waals surface area contributed by atoms with E-state index in [0.717, 1.165) is 43.5 Å². The van der Waals surface area contributed by atoms with Crippen LogP contribution >= 0.6 is 11.8 Å². The van der Waals surface area contributed by atoms with Gasteiger partial charge in [0, 0.05) is 5.92 Å². The van der Waals surface area contributed by atoms with Crippen LogP contribution < -0.4 is 11.2 Å². The zero-order valence-corrected chi connectivity index (χ0v) is 15.3. The van der Waals surface area contributed by atoms with Crippen LogP contribution in [-0.2, 0) is 11.0 Å². The monoisotopic (exact) mass is 399 g/mol. The Morgan fingerprint density at radius 1 is 1.22 bits per heavy atom. The molecular weight excluding hydrogens is 379 g/mol. The van der Waals surface area contributed by atoms with E-state index in [1.54, 1.807) is 0 Å². The van der Waals surface area contributed by atoms with Crippen molar-refractivity contribution in [1.29, 1.82) is 0 Å². The van der Waals surface area contributed by atoms with Crippen molar-refractivity contribution < 1.29 is 18.0 Å². The van der Waals surface area contributed by atoms with Crippen molar-refractivity contribution >= 4 is 23.4 Å². The second-order valence-electron chi connectivity index (χ2n) is 6.43. The smallest absolute Gasteiger partial charge is 0.336 e. The van der Waals surface area contributed by atoms with Crippen LogP contribution in [0.5, 0.6) is 0 Å². The number of amides is 1. The normalized spacial score (nSPS) is 15.7. The van der Waals surface area contributed by atoms with Crippen LogP contribution in [-0.4, -0.2) is 26.5 Å². The summed E-state index contributed by atoms with van der Waals surface area (Å²) in [4.78, 5) is 12.1. The number of para-hydroxylation sites is 1. The third-order valence-electron chi connectivity index (χ3n) is 4.50. The van der Waals surface area contributed by atoms with Gasteiger partial charge in [-0.1, -0.05) is 43.2 Å². The van der Waals surface area contributed by atoms with Crippen LogP contribution in [0.1, 0.15) is 49.4 Å². The molecule has 0 bridgehead atoms. The fourth-order valence-corrected chi connectivity index (χ4v) is 3.85. The number of carbonyl (C=O) groups excluding carboxylic acids is 1. The molecule has 0 aliphatic heterocycles. The molecule has 146 valence electrons. The molecule has 1 heterocycles. The van der Waals surface area contributed by atoms with E-state index in [0.29, 0.717) is 11.0 Å². The maximum Gasteiger partial charge on any atom is 0.418 e. The van der Waals surface area contributed by atoms with Crippen LogP contribution in [0.2, 0.25) is 0 Å². The number of nitrogens with two attached hydrogens (primary N) is 1. The second-order valence-corrected chi connectivity index (χ2v) is 7.37. The fourth-order valence-electron chi connectivity index (χ4n) is 3.18. The van der Waals surface area contributed by atoms with Gasteiger partial charge in [-0.25, -0.2) is 4.68 Å². The van der Waals surface area contributed by atoms with E-state index in [2.05, 4.69) is 15.5 Å². The lowest BCUT2D eigenvalue weighted by atomic mass is 9.89. The van der Waals surface area contributed by atoms with Crippen molar-refractivity contribution in [2.24, 2.45) is 0 Å². The second kappa shape index (κ2) is 8.20. The van der Waals surface area contributed by atoms with Crippen molar-refractivity contribution in [1.82, 2.24) is 14.9 Å². The van der Waals surface area contributed by atoms with Gasteiger partial charge in [0.15, 0.2) is 5.82 Å². The predicted molar refractivity (Wildman–Crippen MR) is 96.8 cm³/mol. The molecule has 0 spiro atoms. The third-order valence-corrected chi connectivity index (χ3v) is 5.44. The van der Waals surface area contributed by atoms with Gasteiger partial charge in [-0.15, -0.1) is 10.2 Å². The molecule has 1 aliphatic carbocycles. The number of benzene rings is 1. The molecule has 2 aromatic rings. The Balaban J connectivity index is 1.61. The largest absolute Gasteiger partial charge is 0.418 e. The van der Waals surface area contributed by atoms with E-state index in [-0.39, 0.29) is 17.4 Å². The van der Waals surface area contributed by atoms with Crippen molar-refractivity contribution in [3.63, 3.8) is 0 Å². The molecule has 6 nitrogen and oxygen atoms in total. The highest BCUT2D eigenvalue weighted by Crippen LogP contribution is 2.35. The standard InChI is InChI=1S/C17H20F3N5OS/c18-17(19,20)12-8-4-5-9-13(12)22-14(26)10-27-16-24-23-15(25(16)21)11-6-2-1-3-7-11/h4-5,8-9,11H,1-3,6-7,10,21H2,(H,22,26). The molecule has 3 rings (SSSR count). The first kappa shape index (κ1) is 19.5. The summed E-state index contributed by atoms with van der Waals surface area (Å²) in [6.45, 7) is 0. The lowest BCUT2D eigenvalue weighted by molar-refractivity contribution is -0.137. The van der Waals surface area contributed by atoms with Gasteiger partial charge in [-0.2, -0.15) is 13.2 Å². The number of thioether (sulfide) groups is 1. The molecule has 3 N–H and O–H groups in total. The van der Waals surface area contributed by atoms with Gasteiger partial charge in [0.2, 0.25) is 11.1 Å². The summed E-state index contributed by atoms with van der Waals surface area (Å²) in [5.41, 5.74) is -1.15. The molecule has 0 saturated heterocycles. The number of anilines is 1. The first-order valence-electron chi connectivity index (χ1n) is 8.65. The van der Waals surface area contributed by atoms with Crippen molar-refractivity contribution in [2.75, 3.05) is 16.9 Å².